The second-order valence-corrected chi connectivity index (χ2v) is 6.89. The Hall–Kier alpha value is -2.83. The summed E-state index contributed by atoms with van der Waals surface area (Å²) >= 11 is 0. The lowest BCUT2D eigenvalue weighted by atomic mass is 9.96. The lowest BCUT2D eigenvalue weighted by Gasteiger charge is -2.31. The van der Waals surface area contributed by atoms with Gasteiger partial charge >= 0.3 is 6.03 Å². The van der Waals surface area contributed by atoms with Crippen LogP contribution in [0.2, 0.25) is 0 Å². The van der Waals surface area contributed by atoms with Crippen LogP contribution in [0.5, 0.6) is 0 Å². The molecule has 1 aromatic heterocycles. The molecule has 1 saturated heterocycles. The highest BCUT2D eigenvalue weighted by Gasteiger charge is 2.27. The van der Waals surface area contributed by atoms with E-state index in [1.165, 1.54) is 5.56 Å². The SMILES string of the molecule is Cc1cc(NC(=O)C2CCN(C(=O)NCCCc3ccccc3)CC2)no1. The molecule has 1 aliphatic rings. The summed E-state index contributed by atoms with van der Waals surface area (Å²) in [6.45, 7) is 3.60. The second kappa shape index (κ2) is 9.21. The molecule has 2 heterocycles. The zero-order valence-corrected chi connectivity index (χ0v) is 15.6. The van der Waals surface area contributed by atoms with Gasteiger partial charge in [-0.25, -0.2) is 4.79 Å². The number of hydrogen-bond donors (Lipinski definition) is 2. The molecule has 0 unspecified atom stereocenters. The number of carbonyl (C=O) groups excluding carboxylic acids is 2. The van der Waals surface area contributed by atoms with Gasteiger partial charge in [0, 0.05) is 31.6 Å². The van der Waals surface area contributed by atoms with Crippen LogP contribution in [0.3, 0.4) is 0 Å². The van der Waals surface area contributed by atoms with Crippen LogP contribution in [0, 0.1) is 12.8 Å². The summed E-state index contributed by atoms with van der Waals surface area (Å²) in [6, 6.07) is 11.9. The number of benzene rings is 1. The summed E-state index contributed by atoms with van der Waals surface area (Å²) in [5, 5.41) is 9.52. The van der Waals surface area contributed by atoms with E-state index in [-0.39, 0.29) is 17.9 Å². The van der Waals surface area contributed by atoms with Crippen LogP contribution in [-0.4, -0.2) is 41.6 Å². The van der Waals surface area contributed by atoms with Gasteiger partial charge < -0.3 is 20.1 Å². The monoisotopic (exact) mass is 370 g/mol. The summed E-state index contributed by atoms with van der Waals surface area (Å²) in [5.74, 6) is 0.926. The maximum atomic E-state index is 12.3. The minimum Gasteiger partial charge on any atom is -0.360 e. The summed E-state index contributed by atoms with van der Waals surface area (Å²) in [6.07, 6.45) is 3.16. The summed E-state index contributed by atoms with van der Waals surface area (Å²) in [5.41, 5.74) is 1.28. The van der Waals surface area contributed by atoms with Crippen molar-refractivity contribution in [1.29, 1.82) is 0 Å². The zero-order valence-electron chi connectivity index (χ0n) is 15.6. The first-order valence-corrected chi connectivity index (χ1v) is 9.42. The zero-order chi connectivity index (χ0) is 19.1. The van der Waals surface area contributed by atoms with Crippen molar-refractivity contribution in [2.24, 2.45) is 5.92 Å². The molecule has 3 rings (SSSR count). The van der Waals surface area contributed by atoms with E-state index in [1.54, 1.807) is 17.9 Å². The van der Waals surface area contributed by atoms with Crippen molar-refractivity contribution in [2.45, 2.75) is 32.6 Å². The van der Waals surface area contributed by atoms with Crippen LogP contribution >= 0.6 is 0 Å². The third-order valence-corrected chi connectivity index (χ3v) is 4.79. The minimum absolute atomic E-state index is 0.0472. The maximum absolute atomic E-state index is 12.3. The quantitative estimate of drug-likeness (QED) is 0.765. The molecule has 2 N–H and O–H groups in total. The van der Waals surface area contributed by atoms with Gasteiger partial charge in [0.2, 0.25) is 5.91 Å². The highest BCUT2D eigenvalue weighted by atomic mass is 16.5. The van der Waals surface area contributed by atoms with E-state index in [0.717, 1.165) is 12.8 Å². The molecule has 0 aliphatic carbocycles. The maximum Gasteiger partial charge on any atom is 0.317 e. The number of hydrogen-bond acceptors (Lipinski definition) is 4. The van der Waals surface area contributed by atoms with Gasteiger partial charge in [-0.05, 0) is 38.2 Å². The lowest BCUT2D eigenvalue weighted by molar-refractivity contribution is -0.121. The van der Waals surface area contributed by atoms with Crippen molar-refractivity contribution in [3.63, 3.8) is 0 Å². The van der Waals surface area contributed by atoms with Crippen molar-refractivity contribution in [1.82, 2.24) is 15.4 Å². The number of piperidine rings is 1. The molecule has 0 radical (unpaired) electrons. The van der Waals surface area contributed by atoms with E-state index in [2.05, 4.69) is 27.9 Å². The predicted molar refractivity (Wildman–Crippen MR) is 102 cm³/mol. The van der Waals surface area contributed by atoms with Crippen molar-refractivity contribution in [2.75, 3.05) is 25.0 Å². The van der Waals surface area contributed by atoms with Gasteiger partial charge in [-0.3, -0.25) is 4.79 Å². The third-order valence-electron chi connectivity index (χ3n) is 4.79. The van der Waals surface area contributed by atoms with Crippen LogP contribution in [0.25, 0.3) is 0 Å². The first kappa shape index (κ1) is 18.9. The number of carbonyl (C=O) groups is 2. The Bertz CT molecular complexity index is 752. The van der Waals surface area contributed by atoms with Gasteiger partial charge in [-0.1, -0.05) is 35.5 Å². The molecule has 7 nitrogen and oxygen atoms in total. The molecule has 0 atom stereocenters. The summed E-state index contributed by atoms with van der Waals surface area (Å²) < 4.78 is 4.95. The number of anilines is 1. The third kappa shape index (κ3) is 5.57. The Morgan fingerprint density at radius 1 is 1.22 bits per heavy atom. The number of nitrogens with zero attached hydrogens (tertiary/aromatic N) is 2. The Morgan fingerprint density at radius 2 is 1.96 bits per heavy atom. The van der Waals surface area contributed by atoms with E-state index in [9.17, 15) is 9.59 Å². The Kier molecular flexibility index (Phi) is 6.46. The molecular weight excluding hydrogens is 344 g/mol. The molecule has 2 aromatic rings. The van der Waals surface area contributed by atoms with E-state index in [1.807, 2.05) is 18.2 Å². The van der Waals surface area contributed by atoms with Crippen molar-refractivity contribution >= 4 is 17.8 Å². The molecule has 7 heteroatoms. The summed E-state index contributed by atoms with van der Waals surface area (Å²) in [4.78, 5) is 26.3. The summed E-state index contributed by atoms with van der Waals surface area (Å²) in [7, 11) is 0. The number of aromatic nitrogens is 1. The molecule has 3 amide bonds. The number of nitrogens with one attached hydrogen (secondary N) is 2. The predicted octanol–water partition coefficient (Wildman–Crippen LogP) is 2.98. The van der Waals surface area contributed by atoms with Crippen LogP contribution in [-0.2, 0) is 11.2 Å². The topological polar surface area (TPSA) is 87.5 Å². The van der Waals surface area contributed by atoms with Crippen LogP contribution < -0.4 is 10.6 Å². The number of rotatable bonds is 6. The Balaban J connectivity index is 1.34. The largest absolute Gasteiger partial charge is 0.360 e. The van der Waals surface area contributed by atoms with Gasteiger partial charge in [0.15, 0.2) is 5.82 Å². The van der Waals surface area contributed by atoms with Gasteiger partial charge in [0.05, 0.1) is 0 Å². The number of aryl methyl sites for hydroxylation is 2. The molecule has 1 fully saturated rings. The molecule has 1 aliphatic heterocycles. The van der Waals surface area contributed by atoms with E-state index in [4.69, 9.17) is 4.52 Å². The molecule has 0 bridgehead atoms. The number of likely N-dealkylation sites (tertiary alicyclic amines) is 1. The first-order valence-electron chi connectivity index (χ1n) is 9.42. The Morgan fingerprint density at radius 3 is 2.63 bits per heavy atom. The van der Waals surface area contributed by atoms with E-state index < -0.39 is 0 Å². The van der Waals surface area contributed by atoms with Gasteiger partial charge in [0.25, 0.3) is 0 Å². The van der Waals surface area contributed by atoms with Crippen LogP contribution in [0.15, 0.2) is 40.9 Å². The lowest BCUT2D eigenvalue weighted by Crippen LogP contribution is -2.46. The molecular formula is C20H26N4O3. The fraction of sp³-hybridized carbons (Fsp3) is 0.450. The van der Waals surface area contributed by atoms with Gasteiger partial charge in [-0.15, -0.1) is 0 Å². The van der Waals surface area contributed by atoms with Crippen molar-refractivity contribution in [3.05, 3.63) is 47.7 Å². The molecule has 0 spiro atoms. The first-order chi connectivity index (χ1) is 13.1. The fourth-order valence-corrected chi connectivity index (χ4v) is 3.24. The minimum atomic E-state index is -0.107. The smallest absolute Gasteiger partial charge is 0.317 e. The molecule has 1 aromatic carbocycles. The van der Waals surface area contributed by atoms with Crippen molar-refractivity contribution < 1.29 is 14.1 Å². The second-order valence-electron chi connectivity index (χ2n) is 6.89. The molecule has 0 saturated carbocycles. The highest BCUT2D eigenvalue weighted by molar-refractivity contribution is 5.91. The highest BCUT2D eigenvalue weighted by Crippen LogP contribution is 2.19. The standard InChI is InChI=1S/C20H26N4O3/c1-15-14-18(23-27-15)22-19(25)17-9-12-24(13-10-17)20(26)21-11-5-8-16-6-3-2-4-7-16/h2-4,6-7,14,17H,5,8-13H2,1H3,(H,21,26)(H,22,23,25). The van der Waals surface area contributed by atoms with E-state index in [0.29, 0.717) is 44.1 Å². The van der Waals surface area contributed by atoms with Gasteiger partial charge in [-0.2, -0.15) is 0 Å². The van der Waals surface area contributed by atoms with E-state index >= 15 is 0 Å². The van der Waals surface area contributed by atoms with Crippen LogP contribution in [0.1, 0.15) is 30.6 Å². The van der Waals surface area contributed by atoms with Crippen molar-refractivity contribution in [3.8, 4) is 0 Å². The molecule has 27 heavy (non-hydrogen) atoms. The normalized spacial score (nSPS) is 14.8. The number of urea groups is 1. The number of amides is 3. The average Bonchev–Trinajstić information content (AvgIpc) is 3.10. The fourth-order valence-electron chi connectivity index (χ4n) is 3.24. The van der Waals surface area contributed by atoms with Crippen LogP contribution in [0.4, 0.5) is 10.6 Å². The molecule has 144 valence electrons. The average molecular weight is 370 g/mol. The van der Waals surface area contributed by atoms with Gasteiger partial charge in [0.1, 0.15) is 5.76 Å². The Labute approximate surface area is 159 Å².